The van der Waals surface area contributed by atoms with Crippen LogP contribution in [-0.2, 0) is 0 Å². The second-order valence-electron chi connectivity index (χ2n) is 7.90. The molecule has 3 aromatic rings. The summed E-state index contributed by atoms with van der Waals surface area (Å²) >= 11 is 6.20. The minimum absolute atomic E-state index is 0.181. The molecule has 0 atom stereocenters. The van der Waals surface area contributed by atoms with Crippen LogP contribution in [0.3, 0.4) is 0 Å². The van der Waals surface area contributed by atoms with Crippen LogP contribution in [0.5, 0.6) is 0 Å². The van der Waals surface area contributed by atoms with Crippen LogP contribution in [-0.4, -0.2) is 48.1 Å². The Hall–Kier alpha value is -3.06. The number of urea groups is 1. The number of benzene rings is 2. The minimum atomic E-state index is -0.330. The lowest BCUT2D eigenvalue weighted by Gasteiger charge is -2.36. The molecular weight excluding hydrogens is 417 g/mol. The molecule has 6 nitrogen and oxygen atoms in total. The lowest BCUT2D eigenvalue weighted by molar-refractivity contribution is 0.208. The van der Waals surface area contributed by atoms with Crippen LogP contribution >= 0.6 is 11.6 Å². The number of amides is 2. The summed E-state index contributed by atoms with van der Waals surface area (Å²) in [5.74, 6) is 0.472. The highest BCUT2D eigenvalue weighted by atomic mass is 35.5. The molecule has 1 saturated heterocycles. The van der Waals surface area contributed by atoms with Crippen LogP contribution in [0.25, 0.3) is 10.9 Å². The van der Waals surface area contributed by atoms with E-state index < -0.39 is 0 Å². The molecule has 8 heteroatoms. The molecule has 0 radical (unpaired) electrons. The SMILES string of the molecule is CC(C)Nc1cc(N2CCN(C(=O)Nc3ccc(F)cc3)CC2)c2ccc(Cl)cc2n1. The van der Waals surface area contributed by atoms with E-state index in [1.165, 1.54) is 12.1 Å². The molecule has 2 N–H and O–H groups in total. The Morgan fingerprint density at radius 3 is 2.45 bits per heavy atom. The molecule has 1 fully saturated rings. The van der Waals surface area contributed by atoms with Crippen molar-refractivity contribution in [3.05, 3.63) is 59.4 Å². The van der Waals surface area contributed by atoms with E-state index in [2.05, 4.69) is 35.4 Å². The number of anilines is 3. The van der Waals surface area contributed by atoms with Gasteiger partial charge in [-0.1, -0.05) is 11.6 Å². The number of hydrogen-bond acceptors (Lipinski definition) is 4. The number of aromatic nitrogens is 1. The topological polar surface area (TPSA) is 60.5 Å². The van der Waals surface area contributed by atoms with Gasteiger partial charge in [0, 0.05) is 60.1 Å². The molecule has 31 heavy (non-hydrogen) atoms. The number of carbonyl (C=O) groups excluding carboxylic acids is 1. The molecule has 0 aliphatic carbocycles. The first-order valence-corrected chi connectivity index (χ1v) is 10.7. The molecule has 1 aliphatic heterocycles. The number of nitrogens with zero attached hydrogens (tertiary/aromatic N) is 3. The van der Waals surface area contributed by atoms with Gasteiger partial charge in [0.05, 0.1) is 5.52 Å². The molecule has 0 bridgehead atoms. The van der Waals surface area contributed by atoms with Crippen LogP contribution in [0.15, 0.2) is 48.5 Å². The fraction of sp³-hybridized carbons (Fsp3) is 0.304. The second-order valence-corrected chi connectivity index (χ2v) is 8.33. The zero-order chi connectivity index (χ0) is 22.0. The number of carbonyl (C=O) groups is 1. The fourth-order valence-corrected chi connectivity index (χ4v) is 3.87. The van der Waals surface area contributed by atoms with Crippen molar-refractivity contribution in [3.63, 3.8) is 0 Å². The third-order valence-corrected chi connectivity index (χ3v) is 5.42. The van der Waals surface area contributed by atoms with Crippen molar-refractivity contribution in [3.8, 4) is 0 Å². The summed E-state index contributed by atoms with van der Waals surface area (Å²) in [6.45, 7) is 6.69. The Kier molecular flexibility index (Phi) is 6.13. The summed E-state index contributed by atoms with van der Waals surface area (Å²) in [6, 6.07) is 13.6. The van der Waals surface area contributed by atoms with E-state index >= 15 is 0 Å². The van der Waals surface area contributed by atoms with Crippen LogP contribution < -0.4 is 15.5 Å². The molecular formula is C23H25ClFN5O. The molecule has 1 aliphatic rings. The van der Waals surface area contributed by atoms with Crippen molar-refractivity contribution < 1.29 is 9.18 Å². The van der Waals surface area contributed by atoms with Crippen molar-refractivity contribution >= 4 is 45.7 Å². The summed E-state index contributed by atoms with van der Waals surface area (Å²) in [7, 11) is 0. The molecule has 0 spiro atoms. The molecule has 1 aromatic heterocycles. The average molecular weight is 442 g/mol. The van der Waals surface area contributed by atoms with Gasteiger partial charge in [0.2, 0.25) is 0 Å². The van der Waals surface area contributed by atoms with Crippen LogP contribution in [0.2, 0.25) is 5.02 Å². The van der Waals surface area contributed by atoms with Crippen LogP contribution in [0.4, 0.5) is 26.4 Å². The summed E-state index contributed by atoms with van der Waals surface area (Å²) in [4.78, 5) is 21.3. The number of rotatable bonds is 4. The van der Waals surface area contributed by atoms with Gasteiger partial charge in [0.25, 0.3) is 0 Å². The predicted octanol–water partition coefficient (Wildman–Crippen LogP) is 5.20. The van der Waals surface area contributed by atoms with Gasteiger partial charge >= 0.3 is 6.03 Å². The lowest BCUT2D eigenvalue weighted by atomic mass is 10.1. The van der Waals surface area contributed by atoms with Gasteiger partial charge < -0.3 is 20.4 Å². The van der Waals surface area contributed by atoms with Crippen molar-refractivity contribution in [1.29, 1.82) is 0 Å². The Morgan fingerprint density at radius 1 is 1.06 bits per heavy atom. The average Bonchev–Trinajstić information content (AvgIpc) is 2.74. The van der Waals surface area contributed by atoms with Crippen LogP contribution in [0.1, 0.15) is 13.8 Å². The first kappa shape index (κ1) is 21.2. The smallest absolute Gasteiger partial charge is 0.321 e. The summed E-state index contributed by atoms with van der Waals surface area (Å²) in [5.41, 5.74) is 2.49. The Bertz CT molecular complexity index is 1080. The van der Waals surface area contributed by atoms with E-state index in [-0.39, 0.29) is 17.9 Å². The quantitative estimate of drug-likeness (QED) is 0.584. The second kappa shape index (κ2) is 8.98. The molecule has 2 heterocycles. The Balaban J connectivity index is 1.50. The number of nitrogens with one attached hydrogen (secondary N) is 2. The Labute approximate surface area is 186 Å². The summed E-state index contributed by atoms with van der Waals surface area (Å²) < 4.78 is 13.1. The van der Waals surface area contributed by atoms with E-state index in [0.717, 1.165) is 22.4 Å². The number of piperazine rings is 1. The number of pyridine rings is 1. The minimum Gasteiger partial charge on any atom is -0.368 e. The normalized spacial score (nSPS) is 14.2. The van der Waals surface area contributed by atoms with E-state index in [1.807, 2.05) is 18.2 Å². The molecule has 0 saturated carbocycles. The van der Waals surface area contributed by atoms with Gasteiger partial charge in [0.1, 0.15) is 11.6 Å². The molecule has 2 amide bonds. The highest BCUT2D eigenvalue weighted by Gasteiger charge is 2.23. The Morgan fingerprint density at radius 2 is 1.77 bits per heavy atom. The highest BCUT2D eigenvalue weighted by molar-refractivity contribution is 6.31. The van der Waals surface area contributed by atoms with Gasteiger partial charge in [-0.05, 0) is 56.3 Å². The third kappa shape index (κ3) is 4.99. The summed E-state index contributed by atoms with van der Waals surface area (Å²) in [6.07, 6.45) is 0. The standard InChI is InChI=1S/C23H25ClFN5O/c1-15(2)26-22-14-21(19-8-3-16(24)13-20(19)28-22)29-9-11-30(12-10-29)23(31)27-18-6-4-17(25)5-7-18/h3-8,13-15H,9-12H2,1-2H3,(H,26,28)(H,27,31). The van der Waals surface area contributed by atoms with E-state index in [1.54, 1.807) is 17.0 Å². The van der Waals surface area contributed by atoms with Gasteiger partial charge in [-0.3, -0.25) is 0 Å². The van der Waals surface area contributed by atoms with Gasteiger partial charge in [-0.25, -0.2) is 14.2 Å². The predicted molar refractivity (Wildman–Crippen MR) is 125 cm³/mol. The fourth-order valence-electron chi connectivity index (χ4n) is 3.70. The van der Waals surface area contributed by atoms with E-state index in [4.69, 9.17) is 16.6 Å². The first-order valence-electron chi connectivity index (χ1n) is 10.3. The van der Waals surface area contributed by atoms with Gasteiger partial charge in [-0.2, -0.15) is 0 Å². The zero-order valence-corrected chi connectivity index (χ0v) is 18.3. The van der Waals surface area contributed by atoms with E-state index in [9.17, 15) is 9.18 Å². The van der Waals surface area contributed by atoms with Crippen LogP contribution in [0, 0.1) is 5.82 Å². The first-order chi connectivity index (χ1) is 14.9. The number of hydrogen-bond donors (Lipinski definition) is 2. The maximum Gasteiger partial charge on any atom is 0.321 e. The largest absolute Gasteiger partial charge is 0.368 e. The molecule has 4 rings (SSSR count). The third-order valence-electron chi connectivity index (χ3n) is 5.19. The van der Waals surface area contributed by atoms with E-state index in [0.29, 0.717) is 36.9 Å². The van der Waals surface area contributed by atoms with Crippen molar-refractivity contribution in [1.82, 2.24) is 9.88 Å². The maximum atomic E-state index is 13.1. The summed E-state index contributed by atoms with van der Waals surface area (Å²) in [5, 5.41) is 7.88. The van der Waals surface area contributed by atoms with Gasteiger partial charge in [0.15, 0.2) is 0 Å². The molecule has 162 valence electrons. The zero-order valence-electron chi connectivity index (χ0n) is 17.5. The maximum absolute atomic E-state index is 13.1. The van der Waals surface area contributed by atoms with Gasteiger partial charge in [-0.15, -0.1) is 0 Å². The van der Waals surface area contributed by atoms with Crippen molar-refractivity contribution in [2.75, 3.05) is 41.7 Å². The monoisotopic (exact) mass is 441 g/mol. The molecule has 2 aromatic carbocycles. The lowest BCUT2D eigenvalue weighted by Crippen LogP contribution is -2.50. The number of halogens is 2. The highest BCUT2D eigenvalue weighted by Crippen LogP contribution is 2.31. The number of fused-ring (bicyclic) bond motifs is 1. The van der Waals surface area contributed by atoms with Crippen molar-refractivity contribution in [2.45, 2.75) is 19.9 Å². The molecule has 0 unspecified atom stereocenters. The van der Waals surface area contributed by atoms with Crippen molar-refractivity contribution in [2.24, 2.45) is 0 Å².